The summed E-state index contributed by atoms with van der Waals surface area (Å²) < 4.78 is 0. The standard InChI is InChI=1S/C20H20N6/c1-15-23-19(25-18-6-4-3-5-17(18)14-21)13-20(24-15)26(2)12-9-16-7-10-22-11-8-16/h3-8,10-11,13H,9,12H2,1-2H3,(H,23,24,25). The predicted molar refractivity (Wildman–Crippen MR) is 102 cm³/mol. The molecule has 130 valence electrons. The largest absolute Gasteiger partial charge is 0.359 e. The number of pyridine rings is 1. The fourth-order valence-corrected chi connectivity index (χ4v) is 2.60. The van der Waals surface area contributed by atoms with Crippen LogP contribution in [0.2, 0.25) is 0 Å². The van der Waals surface area contributed by atoms with Gasteiger partial charge in [0.1, 0.15) is 23.5 Å². The highest BCUT2D eigenvalue weighted by molar-refractivity contribution is 5.65. The quantitative estimate of drug-likeness (QED) is 0.738. The molecule has 0 amide bonds. The molecule has 6 heteroatoms. The van der Waals surface area contributed by atoms with Gasteiger partial charge in [0.2, 0.25) is 0 Å². The predicted octanol–water partition coefficient (Wildman–Crippen LogP) is 3.47. The Balaban J connectivity index is 1.75. The number of aryl methyl sites for hydroxylation is 1. The molecule has 1 N–H and O–H groups in total. The molecule has 0 atom stereocenters. The van der Waals surface area contributed by atoms with E-state index in [1.54, 1.807) is 18.5 Å². The van der Waals surface area contributed by atoms with Gasteiger partial charge < -0.3 is 10.2 Å². The van der Waals surface area contributed by atoms with Gasteiger partial charge in [-0.05, 0) is 43.2 Å². The molecule has 0 spiro atoms. The monoisotopic (exact) mass is 344 g/mol. The lowest BCUT2D eigenvalue weighted by Crippen LogP contribution is -2.22. The zero-order valence-corrected chi connectivity index (χ0v) is 14.8. The van der Waals surface area contributed by atoms with Crippen molar-refractivity contribution < 1.29 is 0 Å². The van der Waals surface area contributed by atoms with Crippen molar-refractivity contribution in [2.24, 2.45) is 0 Å². The maximum absolute atomic E-state index is 9.24. The van der Waals surface area contributed by atoms with Crippen LogP contribution in [0.3, 0.4) is 0 Å². The number of likely N-dealkylation sites (N-methyl/N-ethyl adjacent to an activating group) is 1. The van der Waals surface area contributed by atoms with E-state index >= 15 is 0 Å². The maximum Gasteiger partial charge on any atom is 0.136 e. The molecule has 26 heavy (non-hydrogen) atoms. The number of benzene rings is 1. The van der Waals surface area contributed by atoms with E-state index in [4.69, 9.17) is 0 Å². The second kappa shape index (κ2) is 8.08. The van der Waals surface area contributed by atoms with Gasteiger partial charge in [-0.25, -0.2) is 9.97 Å². The molecule has 2 aromatic heterocycles. The molecule has 1 aromatic carbocycles. The summed E-state index contributed by atoms with van der Waals surface area (Å²) >= 11 is 0. The van der Waals surface area contributed by atoms with E-state index in [-0.39, 0.29) is 0 Å². The molecular formula is C20H20N6. The minimum atomic E-state index is 0.580. The van der Waals surface area contributed by atoms with Gasteiger partial charge in [0.25, 0.3) is 0 Å². The van der Waals surface area contributed by atoms with Crippen LogP contribution in [0.1, 0.15) is 17.0 Å². The highest BCUT2D eigenvalue weighted by atomic mass is 15.2. The van der Waals surface area contributed by atoms with E-state index < -0.39 is 0 Å². The molecule has 0 aliphatic rings. The molecule has 0 saturated carbocycles. The summed E-state index contributed by atoms with van der Waals surface area (Å²) in [4.78, 5) is 15.1. The average Bonchev–Trinajstić information content (AvgIpc) is 2.67. The van der Waals surface area contributed by atoms with Crippen LogP contribution in [0.4, 0.5) is 17.3 Å². The molecule has 0 bridgehead atoms. The Morgan fingerprint density at radius 2 is 1.88 bits per heavy atom. The lowest BCUT2D eigenvalue weighted by Gasteiger charge is -2.19. The van der Waals surface area contributed by atoms with Gasteiger partial charge in [-0.15, -0.1) is 0 Å². The first-order chi connectivity index (χ1) is 12.7. The number of rotatable bonds is 6. The number of nitrogens with one attached hydrogen (secondary N) is 1. The highest BCUT2D eigenvalue weighted by Crippen LogP contribution is 2.22. The van der Waals surface area contributed by atoms with Crippen LogP contribution in [-0.4, -0.2) is 28.5 Å². The van der Waals surface area contributed by atoms with Crippen molar-refractivity contribution in [3.63, 3.8) is 0 Å². The van der Waals surface area contributed by atoms with Crippen molar-refractivity contribution in [2.75, 3.05) is 23.8 Å². The first kappa shape index (κ1) is 17.4. The Labute approximate surface area is 153 Å². The van der Waals surface area contributed by atoms with Crippen molar-refractivity contribution >= 4 is 17.3 Å². The molecule has 0 saturated heterocycles. The molecule has 0 aliphatic carbocycles. The first-order valence-corrected chi connectivity index (χ1v) is 8.37. The van der Waals surface area contributed by atoms with Gasteiger partial charge in [0, 0.05) is 32.1 Å². The maximum atomic E-state index is 9.24. The van der Waals surface area contributed by atoms with Crippen molar-refractivity contribution in [3.8, 4) is 6.07 Å². The molecule has 0 fully saturated rings. The van der Waals surface area contributed by atoms with Gasteiger partial charge in [-0.1, -0.05) is 12.1 Å². The van der Waals surface area contributed by atoms with Gasteiger partial charge >= 0.3 is 0 Å². The van der Waals surface area contributed by atoms with E-state index in [9.17, 15) is 5.26 Å². The van der Waals surface area contributed by atoms with Crippen LogP contribution in [-0.2, 0) is 6.42 Å². The van der Waals surface area contributed by atoms with E-state index in [2.05, 4.69) is 31.2 Å². The smallest absolute Gasteiger partial charge is 0.136 e. The normalized spacial score (nSPS) is 10.2. The van der Waals surface area contributed by atoms with Crippen LogP contribution < -0.4 is 10.2 Å². The third kappa shape index (κ3) is 4.33. The second-order valence-electron chi connectivity index (χ2n) is 5.97. The molecular weight excluding hydrogens is 324 g/mol. The minimum absolute atomic E-state index is 0.580. The summed E-state index contributed by atoms with van der Waals surface area (Å²) in [5, 5.41) is 12.5. The number of nitriles is 1. The van der Waals surface area contributed by atoms with Gasteiger partial charge in [0.05, 0.1) is 11.3 Å². The van der Waals surface area contributed by atoms with Crippen molar-refractivity contribution in [3.05, 3.63) is 71.8 Å². The van der Waals surface area contributed by atoms with Crippen molar-refractivity contribution in [1.82, 2.24) is 15.0 Å². The SMILES string of the molecule is Cc1nc(Nc2ccccc2C#N)cc(N(C)CCc2ccncc2)n1. The Kier molecular flexibility index (Phi) is 5.40. The number of aromatic nitrogens is 3. The van der Waals surface area contributed by atoms with Crippen molar-refractivity contribution in [1.29, 1.82) is 5.26 Å². The average molecular weight is 344 g/mol. The summed E-state index contributed by atoms with van der Waals surface area (Å²) in [5.74, 6) is 2.18. The van der Waals surface area contributed by atoms with E-state index in [1.807, 2.05) is 50.4 Å². The fourth-order valence-electron chi connectivity index (χ4n) is 2.60. The molecule has 0 radical (unpaired) electrons. The number of hydrogen-bond acceptors (Lipinski definition) is 6. The topological polar surface area (TPSA) is 77.7 Å². The fraction of sp³-hybridized carbons (Fsp3) is 0.200. The first-order valence-electron chi connectivity index (χ1n) is 8.37. The van der Waals surface area contributed by atoms with Crippen molar-refractivity contribution in [2.45, 2.75) is 13.3 Å². The van der Waals surface area contributed by atoms with Crippen LogP contribution >= 0.6 is 0 Å². The lowest BCUT2D eigenvalue weighted by molar-refractivity contribution is 0.848. The van der Waals surface area contributed by atoms with Gasteiger partial charge in [0.15, 0.2) is 0 Å². The number of para-hydroxylation sites is 1. The summed E-state index contributed by atoms with van der Waals surface area (Å²) in [7, 11) is 2.01. The molecule has 2 heterocycles. The molecule has 0 aliphatic heterocycles. The van der Waals surface area contributed by atoms with E-state index in [1.165, 1.54) is 5.56 Å². The van der Waals surface area contributed by atoms with Gasteiger partial charge in [-0.2, -0.15) is 5.26 Å². The second-order valence-corrected chi connectivity index (χ2v) is 5.97. The minimum Gasteiger partial charge on any atom is -0.359 e. The number of anilines is 3. The van der Waals surface area contributed by atoms with E-state index in [0.29, 0.717) is 17.2 Å². The Bertz CT molecular complexity index is 917. The molecule has 6 nitrogen and oxygen atoms in total. The number of nitrogens with zero attached hydrogens (tertiary/aromatic N) is 5. The summed E-state index contributed by atoms with van der Waals surface area (Å²) in [6, 6.07) is 15.5. The van der Waals surface area contributed by atoms with Crippen LogP contribution in [0.5, 0.6) is 0 Å². The Hall–Kier alpha value is -3.46. The third-order valence-corrected chi connectivity index (χ3v) is 4.01. The molecule has 3 rings (SSSR count). The van der Waals surface area contributed by atoms with Crippen LogP contribution in [0.15, 0.2) is 54.9 Å². The molecule has 3 aromatic rings. The Morgan fingerprint density at radius 1 is 1.12 bits per heavy atom. The van der Waals surface area contributed by atoms with E-state index in [0.717, 1.165) is 24.5 Å². The number of hydrogen-bond donors (Lipinski definition) is 1. The zero-order valence-electron chi connectivity index (χ0n) is 14.8. The highest BCUT2D eigenvalue weighted by Gasteiger charge is 2.09. The van der Waals surface area contributed by atoms with Gasteiger partial charge in [-0.3, -0.25) is 4.98 Å². The summed E-state index contributed by atoms with van der Waals surface area (Å²) in [6.07, 6.45) is 4.51. The van der Waals surface area contributed by atoms with Crippen LogP contribution in [0, 0.1) is 18.3 Å². The van der Waals surface area contributed by atoms with Crippen LogP contribution in [0.25, 0.3) is 0 Å². The molecule has 0 unspecified atom stereocenters. The lowest BCUT2D eigenvalue weighted by atomic mass is 10.2. The Morgan fingerprint density at radius 3 is 2.65 bits per heavy atom. The zero-order chi connectivity index (χ0) is 18.4. The third-order valence-electron chi connectivity index (χ3n) is 4.01. The summed E-state index contributed by atoms with van der Waals surface area (Å²) in [6.45, 7) is 2.69. The summed E-state index contributed by atoms with van der Waals surface area (Å²) in [5.41, 5.74) is 2.55.